The minimum Gasteiger partial charge on any atom is -0.494 e. The van der Waals surface area contributed by atoms with E-state index < -0.39 is 6.10 Å². The van der Waals surface area contributed by atoms with Crippen LogP contribution in [0.25, 0.3) is 5.82 Å². The zero-order valence-corrected chi connectivity index (χ0v) is 29.3. The normalized spacial score (nSPS) is 12.3. The molecule has 2 atom stereocenters. The molecule has 4 N–H and O–H groups in total. The van der Waals surface area contributed by atoms with E-state index in [4.69, 9.17) is 4.74 Å². The molecule has 2 heterocycles. The van der Waals surface area contributed by atoms with Gasteiger partial charge in [-0.15, -0.1) is 0 Å². The van der Waals surface area contributed by atoms with Crippen molar-refractivity contribution in [2.75, 3.05) is 13.2 Å². The number of rotatable bonds is 16. The summed E-state index contributed by atoms with van der Waals surface area (Å²) < 4.78 is 7.73. The van der Waals surface area contributed by atoms with Gasteiger partial charge in [0, 0.05) is 60.0 Å². The maximum atomic E-state index is 12.8. The summed E-state index contributed by atoms with van der Waals surface area (Å²) >= 11 is 0. The average Bonchev–Trinajstić information content (AvgIpc) is 3.46. The van der Waals surface area contributed by atoms with Crippen LogP contribution in [0.1, 0.15) is 69.5 Å². The molecule has 0 unspecified atom stereocenters. The molecule has 0 radical (unpaired) electrons. The Morgan fingerprint density at radius 1 is 0.840 bits per heavy atom. The molecule has 0 aliphatic carbocycles. The van der Waals surface area contributed by atoms with Crippen LogP contribution < -0.4 is 20.7 Å². The summed E-state index contributed by atoms with van der Waals surface area (Å²) in [5.74, 6) is 1.35. The van der Waals surface area contributed by atoms with Crippen molar-refractivity contribution >= 4 is 11.8 Å². The lowest BCUT2D eigenvalue weighted by Crippen LogP contribution is -2.32. The van der Waals surface area contributed by atoms with Gasteiger partial charge in [0.15, 0.2) is 0 Å². The number of para-hydroxylation sites is 1. The van der Waals surface area contributed by atoms with Crippen LogP contribution >= 0.6 is 0 Å². The number of hydrogen-bond donors (Lipinski definition) is 4. The maximum absolute atomic E-state index is 12.8. The number of nitrogens with zero attached hydrogens (tertiary/aromatic N) is 2. The highest BCUT2D eigenvalue weighted by Crippen LogP contribution is 2.19. The van der Waals surface area contributed by atoms with Crippen molar-refractivity contribution in [3.8, 4) is 11.6 Å². The first-order valence-corrected chi connectivity index (χ1v) is 17.1. The molecular formula is C41H47N5O4. The summed E-state index contributed by atoms with van der Waals surface area (Å²) in [6.07, 6.45) is 2.08. The van der Waals surface area contributed by atoms with E-state index in [2.05, 4.69) is 56.7 Å². The van der Waals surface area contributed by atoms with Crippen molar-refractivity contribution in [2.45, 2.75) is 65.8 Å². The highest BCUT2D eigenvalue weighted by molar-refractivity contribution is 5.94. The number of ether oxygens (including phenoxy) is 1. The van der Waals surface area contributed by atoms with E-state index in [0.717, 1.165) is 57.2 Å². The van der Waals surface area contributed by atoms with E-state index in [1.54, 1.807) is 18.3 Å². The molecule has 9 heteroatoms. The third kappa shape index (κ3) is 9.90. The number of benzene rings is 3. The molecule has 50 heavy (non-hydrogen) atoms. The van der Waals surface area contributed by atoms with Gasteiger partial charge in [-0.3, -0.25) is 9.59 Å². The summed E-state index contributed by atoms with van der Waals surface area (Å²) in [6, 6.07) is 31.0. The molecule has 9 nitrogen and oxygen atoms in total. The number of nitrogens with one attached hydrogen (secondary N) is 3. The summed E-state index contributed by atoms with van der Waals surface area (Å²) in [7, 11) is 0. The van der Waals surface area contributed by atoms with Gasteiger partial charge in [-0.1, -0.05) is 60.7 Å². The number of aromatic nitrogens is 2. The first kappa shape index (κ1) is 36.0. The molecule has 2 aromatic heterocycles. The first-order valence-electron chi connectivity index (χ1n) is 17.1. The van der Waals surface area contributed by atoms with E-state index in [-0.39, 0.29) is 24.3 Å². The summed E-state index contributed by atoms with van der Waals surface area (Å²) in [6.45, 7) is 9.81. The Balaban J connectivity index is 1.04. The second-order valence-corrected chi connectivity index (χ2v) is 12.6. The molecule has 0 aliphatic rings. The minimum atomic E-state index is -0.678. The Kier molecular flexibility index (Phi) is 12.6. The van der Waals surface area contributed by atoms with Gasteiger partial charge < -0.3 is 30.4 Å². The van der Waals surface area contributed by atoms with Crippen molar-refractivity contribution < 1.29 is 19.4 Å². The molecular weight excluding hydrogens is 626 g/mol. The van der Waals surface area contributed by atoms with Gasteiger partial charge in [-0.2, -0.15) is 0 Å². The Bertz CT molecular complexity index is 1850. The second kappa shape index (κ2) is 17.4. The fourth-order valence-corrected chi connectivity index (χ4v) is 5.93. The number of hydrogen-bond acceptors (Lipinski definition) is 6. The lowest BCUT2D eigenvalue weighted by atomic mass is 10.0. The average molecular weight is 674 g/mol. The Hall–Kier alpha value is -5.25. The molecule has 5 rings (SSSR count). The number of pyridine rings is 1. The van der Waals surface area contributed by atoms with Gasteiger partial charge in [0.1, 0.15) is 11.6 Å². The molecule has 2 amide bonds. The van der Waals surface area contributed by atoms with Gasteiger partial charge >= 0.3 is 0 Å². The van der Waals surface area contributed by atoms with Gasteiger partial charge in [-0.05, 0) is 87.2 Å². The molecule has 0 fully saturated rings. The van der Waals surface area contributed by atoms with Crippen LogP contribution in [-0.4, -0.2) is 45.7 Å². The van der Waals surface area contributed by atoms with E-state index >= 15 is 0 Å². The molecule has 0 bridgehead atoms. The van der Waals surface area contributed by atoms with E-state index in [9.17, 15) is 14.7 Å². The van der Waals surface area contributed by atoms with E-state index in [0.29, 0.717) is 31.8 Å². The highest BCUT2D eigenvalue weighted by Gasteiger charge is 2.13. The van der Waals surface area contributed by atoms with Crippen molar-refractivity contribution in [2.24, 2.45) is 0 Å². The molecule has 0 spiro atoms. The number of carbonyl (C=O) groups excluding carboxylic acids is 2. The Morgan fingerprint density at radius 3 is 2.30 bits per heavy atom. The fraction of sp³-hybridized carbons (Fsp3) is 0.293. The van der Waals surface area contributed by atoms with Crippen LogP contribution in [-0.2, 0) is 30.7 Å². The zero-order chi connectivity index (χ0) is 35.5. The fourth-order valence-electron chi connectivity index (χ4n) is 5.93. The second-order valence-electron chi connectivity index (χ2n) is 12.6. The number of aliphatic hydroxyl groups excluding tert-OH is 1. The topological polar surface area (TPSA) is 118 Å². The lowest BCUT2D eigenvalue weighted by Gasteiger charge is -2.18. The van der Waals surface area contributed by atoms with Crippen molar-refractivity contribution in [1.82, 2.24) is 25.5 Å². The summed E-state index contributed by atoms with van der Waals surface area (Å²) in [4.78, 5) is 30.1. The maximum Gasteiger partial charge on any atom is 0.251 e. The highest BCUT2D eigenvalue weighted by atomic mass is 16.5. The van der Waals surface area contributed by atoms with Crippen LogP contribution in [0.3, 0.4) is 0 Å². The zero-order valence-electron chi connectivity index (χ0n) is 29.3. The molecule has 260 valence electrons. The number of amides is 2. The monoisotopic (exact) mass is 673 g/mol. The predicted molar refractivity (Wildman–Crippen MR) is 196 cm³/mol. The van der Waals surface area contributed by atoms with Crippen LogP contribution in [0.15, 0.2) is 103 Å². The van der Waals surface area contributed by atoms with Crippen LogP contribution in [0, 0.1) is 13.8 Å². The third-order valence-corrected chi connectivity index (χ3v) is 8.63. The first-order chi connectivity index (χ1) is 24.2. The van der Waals surface area contributed by atoms with E-state index in [1.807, 2.05) is 81.4 Å². The minimum absolute atomic E-state index is 0.0760. The lowest BCUT2D eigenvalue weighted by molar-refractivity contribution is -0.120. The summed E-state index contributed by atoms with van der Waals surface area (Å²) in [5.41, 5.74) is 7.42. The summed E-state index contributed by atoms with van der Waals surface area (Å²) in [5, 5.41) is 20.2. The largest absolute Gasteiger partial charge is 0.494 e. The Labute approximate surface area is 294 Å². The van der Waals surface area contributed by atoms with Gasteiger partial charge in [0.2, 0.25) is 5.91 Å². The molecule has 5 aromatic rings. The predicted octanol–water partition coefficient (Wildman–Crippen LogP) is 5.93. The van der Waals surface area contributed by atoms with Gasteiger partial charge in [0.25, 0.3) is 5.91 Å². The standard InChI is InChI=1S/C41H47N5O4/c1-5-50-38-12-7-6-11-36(38)26-45-41(49)34-17-15-31(16-18-34)24-44-40(48)23-33-10-8-9-32(22-33)21-28(2)42-27-37(47)35-19-20-39(43-25-35)46-29(3)13-14-30(46)4/h6-20,22,25,28,37,42,47H,5,21,23-24,26-27H2,1-4H3,(H,44,48)(H,45,49)/t28-,37-/m1/s1. The van der Waals surface area contributed by atoms with Crippen molar-refractivity contribution in [3.05, 3.63) is 148 Å². The number of aryl methyl sites for hydroxylation is 2. The molecule has 0 aliphatic heterocycles. The quantitative estimate of drug-likeness (QED) is 0.103. The molecule has 3 aromatic carbocycles. The van der Waals surface area contributed by atoms with Gasteiger partial charge in [-0.25, -0.2) is 4.98 Å². The van der Waals surface area contributed by atoms with Crippen LogP contribution in [0.4, 0.5) is 0 Å². The van der Waals surface area contributed by atoms with Crippen molar-refractivity contribution in [1.29, 1.82) is 0 Å². The molecule has 0 saturated carbocycles. The smallest absolute Gasteiger partial charge is 0.251 e. The SMILES string of the molecule is CCOc1ccccc1CNC(=O)c1ccc(CNC(=O)Cc2cccc(C[C@@H](C)NC[C@@H](O)c3ccc(-n4c(C)ccc4C)nc3)c2)cc1. The van der Waals surface area contributed by atoms with E-state index in [1.165, 1.54) is 0 Å². The third-order valence-electron chi connectivity index (χ3n) is 8.63. The van der Waals surface area contributed by atoms with Crippen LogP contribution in [0.5, 0.6) is 5.75 Å². The number of carbonyl (C=O) groups is 2. The Morgan fingerprint density at radius 2 is 1.58 bits per heavy atom. The molecule has 0 saturated heterocycles. The number of aliphatic hydroxyl groups is 1. The van der Waals surface area contributed by atoms with Gasteiger partial charge in [0.05, 0.1) is 19.1 Å². The van der Waals surface area contributed by atoms with Crippen molar-refractivity contribution in [3.63, 3.8) is 0 Å². The van der Waals surface area contributed by atoms with Crippen LogP contribution in [0.2, 0.25) is 0 Å².